The van der Waals surface area contributed by atoms with Crippen molar-refractivity contribution in [2.75, 3.05) is 12.8 Å². The van der Waals surface area contributed by atoms with E-state index in [4.69, 9.17) is 0 Å². The van der Waals surface area contributed by atoms with E-state index >= 15 is 0 Å². The van der Waals surface area contributed by atoms with Crippen molar-refractivity contribution >= 4 is 7.68 Å². The van der Waals surface area contributed by atoms with Gasteiger partial charge in [0.1, 0.15) is 0 Å². The summed E-state index contributed by atoms with van der Waals surface area (Å²) in [5, 5.41) is 0. The molecule has 1 atom stereocenters. The molecule has 0 heterocycles. The van der Waals surface area contributed by atoms with Crippen LogP contribution in [0.15, 0.2) is 0 Å². The zero-order valence-electron chi connectivity index (χ0n) is 6.47. The number of rotatable bonds is 5. The molecule has 0 saturated carbocycles. The van der Waals surface area contributed by atoms with E-state index in [-0.39, 0.29) is 12.8 Å². The molecular formula is C6H14FO2P. The zero-order valence-corrected chi connectivity index (χ0v) is 7.36. The van der Waals surface area contributed by atoms with E-state index in [0.29, 0.717) is 12.8 Å². The van der Waals surface area contributed by atoms with Crippen LogP contribution in [0.25, 0.3) is 0 Å². The van der Waals surface area contributed by atoms with Crippen molar-refractivity contribution in [3.05, 3.63) is 0 Å². The molecule has 62 valence electrons. The smallest absolute Gasteiger partial charge is 0.306 e. The van der Waals surface area contributed by atoms with E-state index in [1.165, 1.54) is 0 Å². The van der Waals surface area contributed by atoms with E-state index in [1.54, 1.807) is 6.92 Å². The van der Waals surface area contributed by atoms with E-state index in [0.717, 1.165) is 0 Å². The average molecular weight is 168 g/mol. The van der Waals surface area contributed by atoms with Gasteiger partial charge in [-0.3, -0.25) is 4.57 Å². The Morgan fingerprint density at radius 2 is 2.00 bits per heavy atom. The van der Waals surface area contributed by atoms with E-state index in [9.17, 15) is 8.76 Å². The van der Waals surface area contributed by atoms with Crippen molar-refractivity contribution in [3.8, 4) is 0 Å². The van der Waals surface area contributed by atoms with Gasteiger partial charge in [-0.15, -0.1) is 0 Å². The fourth-order valence-electron chi connectivity index (χ4n) is 0.559. The Kier molecular flexibility index (Phi) is 4.92. The standard InChI is InChI=1S/C6H14FO2P/c1-3-5-9-10(7,8)6-4-2/h3-6H2,1-2H3. The first-order valence-corrected chi connectivity index (χ1v) is 5.25. The lowest BCUT2D eigenvalue weighted by molar-refractivity contribution is 0.286. The molecule has 10 heavy (non-hydrogen) atoms. The second-order valence-corrected chi connectivity index (χ2v) is 4.03. The highest BCUT2D eigenvalue weighted by molar-refractivity contribution is 7.53. The Morgan fingerprint density at radius 1 is 1.40 bits per heavy atom. The summed E-state index contributed by atoms with van der Waals surface area (Å²) in [5.74, 6) is 0. The molecular weight excluding hydrogens is 154 g/mol. The average Bonchev–Trinajstić information content (AvgIpc) is 1.84. The van der Waals surface area contributed by atoms with Crippen LogP contribution in [-0.2, 0) is 9.09 Å². The van der Waals surface area contributed by atoms with Gasteiger partial charge in [-0.05, 0) is 12.8 Å². The van der Waals surface area contributed by atoms with Crippen LogP contribution in [0.5, 0.6) is 0 Å². The predicted octanol–water partition coefficient (Wildman–Crippen LogP) is 2.99. The van der Waals surface area contributed by atoms with Crippen LogP contribution in [0, 0.1) is 0 Å². The molecule has 0 spiro atoms. The highest BCUT2D eigenvalue weighted by Gasteiger charge is 2.19. The number of halogens is 1. The van der Waals surface area contributed by atoms with Gasteiger partial charge in [0.15, 0.2) is 0 Å². The molecule has 0 radical (unpaired) electrons. The molecule has 4 heteroatoms. The van der Waals surface area contributed by atoms with Crippen molar-refractivity contribution < 1.29 is 13.3 Å². The molecule has 0 bridgehead atoms. The molecule has 0 aliphatic heterocycles. The van der Waals surface area contributed by atoms with Crippen molar-refractivity contribution in [2.45, 2.75) is 26.7 Å². The SMILES string of the molecule is CCCOP(=O)(F)CCC. The molecule has 0 aromatic carbocycles. The summed E-state index contributed by atoms with van der Waals surface area (Å²) in [7, 11) is -3.71. The Hall–Kier alpha value is 0.120. The van der Waals surface area contributed by atoms with Crippen molar-refractivity contribution in [2.24, 2.45) is 0 Å². The highest BCUT2D eigenvalue weighted by atomic mass is 31.2. The van der Waals surface area contributed by atoms with Gasteiger partial charge in [-0.2, -0.15) is 4.20 Å². The Labute approximate surface area is 61.3 Å². The van der Waals surface area contributed by atoms with Crippen LogP contribution in [0.4, 0.5) is 4.20 Å². The largest absolute Gasteiger partial charge is 0.367 e. The molecule has 0 aliphatic carbocycles. The molecule has 1 unspecified atom stereocenters. The lowest BCUT2D eigenvalue weighted by Gasteiger charge is -2.06. The third kappa shape index (κ3) is 4.95. The van der Waals surface area contributed by atoms with Gasteiger partial charge < -0.3 is 4.52 Å². The second-order valence-electron chi connectivity index (χ2n) is 2.15. The van der Waals surface area contributed by atoms with Crippen LogP contribution in [0.2, 0.25) is 0 Å². The maximum atomic E-state index is 12.6. The van der Waals surface area contributed by atoms with E-state index < -0.39 is 7.68 Å². The summed E-state index contributed by atoms with van der Waals surface area (Å²) >= 11 is 0. The fourth-order valence-corrected chi connectivity index (χ4v) is 1.68. The maximum absolute atomic E-state index is 12.6. The molecule has 0 aromatic heterocycles. The quantitative estimate of drug-likeness (QED) is 0.590. The van der Waals surface area contributed by atoms with Crippen LogP contribution in [0.3, 0.4) is 0 Å². The van der Waals surface area contributed by atoms with Crippen molar-refractivity contribution in [1.82, 2.24) is 0 Å². The van der Waals surface area contributed by atoms with E-state index in [1.807, 2.05) is 6.92 Å². The minimum Gasteiger partial charge on any atom is -0.306 e. The van der Waals surface area contributed by atoms with Gasteiger partial charge in [-0.1, -0.05) is 13.8 Å². The summed E-state index contributed by atoms with van der Waals surface area (Å²) in [6.07, 6.45) is 1.32. The van der Waals surface area contributed by atoms with Crippen LogP contribution in [-0.4, -0.2) is 12.8 Å². The molecule has 0 N–H and O–H groups in total. The molecule has 0 saturated heterocycles. The minimum atomic E-state index is -3.71. The summed E-state index contributed by atoms with van der Waals surface area (Å²) in [6, 6.07) is 0. The third-order valence-electron chi connectivity index (χ3n) is 0.979. The summed E-state index contributed by atoms with van der Waals surface area (Å²) in [4.78, 5) is 0. The van der Waals surface area contributed by atoms with Gasteiger partial charge in [0.2, 0.25) is 0 Å². The normalized spacial score (nSPS) is 16.7. The fraction of sp³-hybridized carbons (Fsp3) is 1.00. The Bertz CT molecular complexity index is 127. The molecule has 2 nitrogen and oxygen atoms in total. The lowest BCUT2D eigenvalue weighted by Crippen LogP contribution is -1.90. The van der Waals surface area contributed by atoms with Crippen LogP contribution in [0.1, 0.15) is 26.7 Å². The van der Waals surface area contributed by atoms with Gasteiger partial charge >= 0.3 is 7.68 Å². The first-order chi connectivity index (χ1) is 4.62. The number of hydrogen-bond donors (Lipinski definition) is 0. The van der Waals surface area contributed by atoms with E-state index in [2.05, 4.69) is 4.52 Å². The highest BCUT2D eigenvalue weighted by Crippen LogP contribution is 2.48. The molecule has 0 amide bonds. The third-order valence-corrected chi connectivity index (χ3v) is 2.53. The van der Waals surface area contributed by atoms with Gasteiger partial charge in [0.25, 0.3) is 0 Å². The minimum absolute atomic E-state index is 0.0486. The first kappa shape index (κ1) is 10.1. The zero-order chi connectivity index (χ0) is 8.04. The van der Waals surface area contributed by atoms with Crippen LogP contribution >= 0.6 is 7.68 Å². The lowest BCUT2D eigenvalue weighted by atomic mass is 10.5. The second kappa shape index (κ2) is 4.86. The van der Waals surface area contributed by atoms with Gasteiger partial charge in [0, 0.05) is 0 Å². The van der Waals surface area contributed by atoms with Crippen molar-refractivity contribution in [3.63, 3.8) is 0 Å². The van der Waals surface area contributed by atoms with Gasteiger partial charge in [-0.25, -0.2) is 0 Å². The molecule has 0 aliphatic rings. The Morgan fingerprint density at radius 3 is 2.40 bits per heavy atom. The predicted molar refractivity (Wildman–Crippen MR) is 40.1 cm³/mol. The summed E-state index contributed by atoms with van der Waals surface area (Å²) < 4.78 is 27.8. The molecule has 0 fully saturated rings. The number of hydrogen-bond acceptors (Lipinski definition) is 2. The molecule has 0 aromatic rings. The van der Waals surface area contributed by atoms with Gasteiger partial charge in [0.05, 0.1) is 12.8 Å². The van der Waals surface area contributed by atoms with Crippen LogP contribution < -0.4 is 0 Å². The first-order valence-electron chi connectivity index (χ1n) is 3.55. The summed E-state index contributed by atoms with van der Waals surface area (Å²) in [5.41, 5.74) is 0. The molecule has 0 rings (SSSR count). The monoisotopic (exact) mass is 168 g/mol. The topological polar surface area (TPSA) is 26.3 Å². The van der Waals surface area contributed by atoms with Crippen molar-refractivity contribution in [1.29, 1.82) is 0 Å². The Balaban J connectivity index is 3.53. The summed E-state index contributed by atoms with van der Waals surface area (Å²) in [6.45, 7) is 3.89. The maximum Gasteiger partial charge on any atom is 0.367 e.